The molecule has 0 heterocycles. The summed E-state index contributed by atoms with van der Waals surface area (Å²) in [5.41, 5.74) is -0.432. The van der Waals surface area contributed by atoms with Crippen LogP contribution in [0.3, 0.4) is 0 Å². The number of rotatable bonds is 6. The third-order valence-electron chi connectivity index (χ3n) is 3.71. The van der Waals surface area contributed by atoms with E-state index >= 15 is 0 Å². The molecule has 0 bridgehead atoms. The first kappa shape index (κ1) is 16.7. The SMILES string of the molecule is O=C(NCCCOC1CCCCC1)Nc1c(F)cccc1F. The minimum absolute atomic E-state index is 0.343. The molecule has 0 atom stereocenters. The number of carbonyl (C=O) groups is 1. The first-order chi connectivity index (χ1) is 10.7. The zero-order valence-corrected chi connectivity index (χ0v) is 12.5. The predicted molar refractivity (Wildman–Crippen MR) is 80.8 cm³/mol. The first-order valence-corrected chi connectivity index (χ1v) is 7.77. The van der Waals surface area contributed by atoms with Gasteiger partial charge in [-0.25, -0.2) is 13.6 Å². The number of urea groups is 1. The zero-order valence-electron chi connectivity index (χ0n) is 12.5. The highest BCUT2D eigenvalue weighted by Crippen LogP contribution is 2.20. The number of ether oxygens (including phenoxy) is 1. The van der Waals surface area contributed by atoms with Crippen molar-refractivity contribution in [3.05, 3.63) is 29.8 Å². The molecule has 1 aromatic rings. The van der Waals surface area contributed by atoms with Gasteiger partial charge in [-0.1, -0.05) is 25.3 Å². The van der Waals surface area contributed by atoms with Crippen LogP contribution >= 0.6 is 0 Å². The minimum atomic E-state index is -0.796. The van der Waals surface area contributed by atoms with Crippen molar-refractivity contribution >= 4 is 11.7 Å². The molecule has 4 nitrogen and oxygen atoms in total. The summed E-state index contributed by atoms with van der Waals surface area (Å²) in [6.45, 7) is 0.980. The molecule has 1 aliphatic rings. The quantitative estimate of drug-likeness (QED) is 0.784. The van der Waals surface area contributed by atoms with Crippen molar-refractivity contribution in [2.24, 2.45) is 0 Å². The molecule has 0 unspecified atom stereocenters. The van der Waals surface area contributed by atoms with Gasteiger partial charge >= 0.3 is 6.03 Å². The van der Waals surface area contributed by atoms with Crippen LogP contribution in [0.15, 0.2) is 18.2 Å². The molecule has 1 aliphatic carbocycles. The van der Waals surface area contributed by atoms with Crippen LogP contribution < -0.4 is 10.6 Å². The fourth-order valence-corrected chi connectivity index (χ4v) is 2.53. The van der Waals surface area contributed by atoms with E-state index in [9.17, 15) is 13.6 Å². The van der Waals surface area contributed by atoms with Crippen LogP contribution in [0.5, 0.6) is 0 Å². The highest BCUT2D eigenvalue weighted by Gasteiger charge is 2.13. The largest absolute Gasteiger partial charge is 0.378 e. The van der Waals surface area contributed by atoms with Gasteiger partial charge in [-0.15, -0.1) is 0 Å². The van der Waals surface area contributed by atoms with Crippen molar-refractivity contribution < 1.29 is 18.3 Å². The molecular weight excluding hydrogens is 290 g/mol. The van der Waals surface area contributed by atoms with E-state index in [0.717, 1.165) is 25.0 Å². The summed E-state index contributed by atoms with van der Waals surface area (Å²) in [6, 6.07) is 2.81. The molecule has 0 saturated heterocycles. The number of halogens is 2. The lowest BCUT2D eigenvalue weighted by atomic mass is 9.98. The standard InChI is InChI=1S/C16H22F2N2O2/c17-13-8-4-9-14(18)15(13)20-16(21)19-10-5-11-22-12-6-2-1-3-7-12/h4,8-9,12H,1-3,5-7,10-11H2,(H2,19,20,21). The number of hydrogen-bond donors (Lipinski definition) is 2. The maximum Gasteiger partial charge on any atom is 0.319 e. The maximum absolute atomic E-state index is 13.4. The lowest BCUT2D eigenvalue weighted by Crippen LogP contribution is -2.31. The van der Waals surface area contributed by atoms with Gasteiger partial charge in [0.25, 0.3) is 0 Å². The van der Waals surface area contributed by atoms with Gasteiger partial charge in [0.05, 0.1) is 6.10 Å². The Kier molecular flexibility index (Phi) is 6.58. The second-order valence-electron chi connectivity index (χ2n) is 5.46. The lowest BCUT2D eigenvalue weighted by molar-refractivity contribution is 0.0276. The van der Waals surface area contributed by atoms with Gasteiger partial charge in [-0.2, -0.15) is 0 Å². The third kappa shape index (κ3) is 5.26. The Bertz CT molecular complexity index is 471. The number of nitrogens with one attached hydrogen (secondary N) is 2. The first-order valence-electron chi connectivity index (χ1n) is 7.77. The highest BCUT2D eigenvalue weighted by molar-refractivity contribution is 5.89. The number of hydrogen-bond acceptors (Lipinski definition) is 2. The molecule has 1 fully saturated rings. The maximum atomic E-state index is 13.4. The van der Waals surface area contributed by atoms with Crippen molar-refractivity contribution in [2.45, 2.75) is 44.6 Å². The predicted octanol–water partition coefficient (Wildman–Crippen LogP) is 3.83. The second-order valence-corrected chi connectivity index (χ2v) is 5.46. The van der Waals surface area contributed by atoms with Gasteiger partial charge in [0, 0.05) is 13.2 Å². The Balaban J connectivity index is 1.61. The molecule has 122 valence electrons. The van der Waals surface area contributed by atoms with Gasteiger partial charge in [0.1, 0.15) is 17.3 Å². The number of anilines is 1. The van der Waals surface area contributed by atoms with Gasteiger partial charge in [0.15, 0.2) is 0 Å². The molecule has 0 radical (unpaired) electrons. The van der Waals surface area contributed by atoms with Crippen LogP contribution in [-0.4, -0.2) is 25.3 Å². The van der Waals surface area contributed by atoms with Crippen LogP contribution in [0.1, 0.15) is 38.5 Å². The molecule has 2 N–H and O–H groups in total. The molecule has 22 heavy (non-hydrogen) atoms. The molecule has 6 heteroatoms. The van der Waals surface area contributed by atoms with Crippen LogP contribution in [0.2, 0.25) is 0 Å². The van der Waals surface area contributed by atoms with Gasteiger partial charge < -0.3 is 15.4 Å². The Morgan fingerprint density at radius 1 is 1.18 bits per heavy atom. The molecule has 2 amide bonds. The molecule has 2 rings (SSSR count). The fourth-order valence-electron chi connectivity index (χ4n) is 2.53. The second kappa shape index (κ2) is 8.68. The van der Waals surface area contributed by atoms with E-state index in [1.165, 1.54) is 25.3 Å². The highest BCUT2D eigenvalue weighted by atomic mass is 19.1. The van der Waals surface area contributed by atoms with Crippen LogP contribution in [0.4, 0.5) is 19.3 Å². The molecular formula is C16H22F2N2O2. The number of benzene rings is 1. The van der Waals surface area contributed by atoms with Crippen molar-refractivity contribution in [2.75, 3.05) is 18.5 Å². The zero-order chi connectivity index (χ0) is 15.8. The Labute approximate surface area is 129 Å². The van der Waals surface area contributed by atoms with Gasteiger partial charge in [0.2, 0.25) is 0 Å². The average Bonchev–Trinajstić information content (AvgIpc) is 2.52. The average molecular weight is 312 g/mol. The van der Waals surface area contributed by atoms with E-state index in [0.29, 0.717) is 25.7 Å². The van der Waals surface area contributed by atoms with E-state index in [4.69, 9.17) is 4.74 Å². The molecule has 0 spiro atoms. The minimum Gasteiger partial charge on any atom is -0.378 e. The van der Waals surface area contributed by atoms with Crippen molar-refractivity contribution in [3.63, 3.8) is 0 Å². The van der Waals surface area contributed by atoms with Crippen LogP contribution in [-0.2, 0) is 4.74 Å². The summed E-state index contributed by atoms with van der Waals surface area (Å²) >= 11 is 0. The summed E-state index contributed by atoms with van der Waals surface area (Å²) in [6.07, 6.45) is 6.97. The molecule has 0 aromatic heterocycles. The topological polar surface area (TPSA) is 50.4 Å². The monoisotopic (exact) mass is 312 g/mol. The van der Waals surface area contributed by atoms with Gasteiger partial charge in [-0.05, 0) is 31.4 Å². The van der Waals surface area contributed by atoms with Gasteiger partial charge in [-0.3, -0.25) is 0 Å². The summed E-state index contributed by atoms with van der Waals surface area (Å²) in [7, 11) is 0. The van der Waals surface area contributed by atoms with E-state index in [1.54, 1.807) is 0 Å². The number of para-hydroxylation sites is 1. The van der Waals surface area contributed by atoms with E-state index in [1.807, 2.05) is 0 Å². The van der Waals surface area contributed by atoms with Crippen molar-refractivity contribution in [1.29, 1.82) is 0 Å². The normalized spacial score (nSPS) is 15.5. The summed E-state index contributed by atoms with van der Waals surface area (Å²) < 4.78 is 32.4. The molecule has 1 aromatic carbocycles. The molecule has 0 aliphatic heterocycles. The summed E-state index contributed by atoms with van der Waals surface area (Å²) in [5, 5.41) is 4.74. The summed E-state index contributed by atoms with van der Waals surface area (Å²) in [4.78, 5) is 11.6. The van der Waals surface area contributed by atoms with E-state index in [-0.39, 0.29) is 0 Å². The van der Waals surface area contributed by atoms with Crippen molar-refractivity contribution in [3.8, 4) is 0 Å². The molecule has 1 saturated carbocycles. The lowest BCUT2D eigenvalue weighted by Gasteiger charge is -2.21. The Morgan fingerprint density at radius 3 is 2.55 bits per heavy atom. The van der Waals surface area contributed by atoms with E-state index < -0.39 is 23.4 Å². The number of amides is 2. The summed E-state index contributed by atoms with van der Waals surface area (Å²) in [5.74, 6) is -1.59. The fraction of sp³-hybridized carbons (Fsp3) is 0.562. The van der Waals surface area contributed by atoms with Crippen LogP contribution in [0, 0.1) is 11.6 Å². The third-order valence-corrected chi connectivity index (χ3v) is 3.71. The van der Waals surface area contributed by atoms with Crippen LogP contribution in [0.25, 0.3) is 0 Å². The number of carbonyl (C=O) groups excluding carboxylic acids is 1. The smallest absolute Gasteiger partial charge is 0.319 e. The van der Waals surface area contributed by atoms with E-state index in [2.05, 4.69) is 10.6 Å². The Morgan fingerprint density at radius 2 is 1.86 bits per heavy atom. The van der Waals surface area contributed by atoms with Crippen molar-refractivity contribution in [1.82, 2.24) is 5.32 Å². The Hall–Kier alpha value is -1.69.